The number of amides is 1. The molecule has 6 heteroatoms. The molecule has 0 aliphatic rings. The van der Waals surface area contributed by atoms with Crippen molar-refractivity contribution in [1.29, 1.82) is 0 Å². The van der Waals surface area contributed by atoms with Crippen LogP contribution in [0.4, 0.5) is 0 Å². The van der Waals surface area contributed by atoms with Crippen molar-refractivity contribution in [2.75, 3.05) is 6.54 Å². The molecule has 2 aromatic heterocycles. The van der Waals surface area contributed by atoms with Gasteiger partial charge in [0.1, 0.15) is 5.01 Å². The number of rotatable bonds is 6. The van der Waals surface area contributed by atoms with Crippen molar-refractivity contribution < 1.29 is 4.79 Å². The SMILES string of the molecule is CC(C)(CNC(=O)Cc1csc(-c2ccsc2)n1)c1ccc(Cl)cc1. The monoisotopic (exact) mass is 390 g/mol. The molecule has 0 saturated carbocycles. The number of nitrogens with one attached hydrogen (secondary N) is 1. The molecule has 1 amide bonds. The molecule has 3 aromatic rings. The number of nitrogens with zero attached hydrogens (tertiary/aromatic N) is 1. The summed E-state index contributed by atoms with van der Waals surface area (Å²) >= 11 is 9.16. The number of thiazole rings is 1. The summed E-state index contributed by atoms with van der Waals surface area (Å²) in [4.78, 5) is 16.8. The fourth-order valence-electron chi connectivity index (χ4n) is 2.46. The Morgan fingerprint density at radius 2 is 1.96 bits per heavy atom. The number of hydrogen-bond acceptors (Lipinski definition) is 4. The fraction of sp³-hybridized carbons (Fsp3) is 0.263. The Bertz CT molecular complexity index is 839. The van der Waals surface area contributed by atoms with Gasteiger partial charge < -0.3 is 5.32 Å². The highest BCUT2D eigenvalue weighted by atomic mass is 35.5. The van der Waals surface area contributed by atoms with Crippen LogP contribution in [-0.4, -0.2) is 17.4 Å². The average Bonchev–Trinajstić information content (AvgIpc) is 3.25. The number of thiophene rings is 1. The summed E-state index contributed by atoms with van der Waals surface area (Å²) in [5.74, 6) is -0.00999. The van der Waals surface area contributed by atoms with Crippen LogP contribution in [0.1, 0.15) is 25.1 Å². The van der Waals surface area contributed by atoms with E-state index in [1.165, 1.54) is 0 Å². The second kappa shape index (κ2) is 7.68. The first-order chi connectivity index (χ1) is 11.9. The lowest BCUT2D eigenvalue weighted by Crippen LogP contribution is -2.37. The van der Waals surface area contributed by atoms with Crippen LogP contribution in [0.2, 0.25) is 5.02 Å². The normalized spacial score (nSPS) is 11.5. The van der Waals surface area contributed by atoms with Gasteiger partial charge >= 0.3 is 0 Å². The lowest BCUT2D eigenvalue weighted by atomic mass is 9.84. The molecule has 2 heterocycles. The van der Waals surface area contributed by atoms with E-state index in [4.69, 9.17) is 11.6 Å². The molecule has 25 heavy (non-hydrogen) atoms. The van der Waals surface area contributed by atoms with E-state index in [0.717, 1.165) is 21.8 Å². The molecule has 0 fully saturated rings. The lowest BCUT2D eigenvalue weighted by Gasteiger charge is -2.25. The molecule has 0 aliphatic carbocycles. The number of hydrogen-bond donors (Lipinski definition) is 1. The molecule has 1 N–H and O–H groups in total. The van der Waals surface area contributed by atoms with Gasteiger partial charge in [0.2, 0.25) is 5.91 Å². The summed E-state index contributed by atoms with van der Waals surface area (Å²) < 4.78 is 0. The molecule has 0 unspecified atom stereocenters. The maximum Gasteiger partial charge on any atom is 0.226 e. The van der Waals surface area contributed by atoms with E-state index in [2.05, 4.69) is 29.5 Å². The van der Waals surface area contributed by atoms with Crippen LogP contribution in [0.25, 0.3) is 10.6 Å². The molecular weight excluding hydrogens is 372 g/mol. The number of carbonyl (C=O) groups excluding carboxylic acids is 1. The van der Waals surface area contributed by atoms with E-state index in [-0.39, 0.29) is 11.3 Å². The highest BCUT2D eigenvalue weighted by Gasteiger charge is 2.21. The predicted octanol–water partition coefficient (Wildman–Crippen LogP) is 5.16. The molecule has 1 aromatic carbocycles. The van der Waals surface area contributed by atoms with Gasteiger partial charge in [-0.15, -0.1) is 11.3 Å². The van der Waals surface area contributed by atoms with Crippen molar-refractivity contribution in [3.05, 3.63) is 62.8 Å². The van der Waals surface area contributed by atoms with Crippen LogP contribution < -0.4 is 5.32 Å². The molecule has 0 bridgehead atoms. The number of aromatic nitrogens is 1. The molecule has 3 rings (SSSR count). The smallest absolute Gasteiger partial charge is 0.226 e. The molecule has 3 nitrogen and oxygen atoms in total. The van der Waals surface area contributed by atoms with Crippen molar-refractivity contribution in [2.45, 2.75) is 25.7 Å². The van der Waals surface area contributed by atoms with Gasteiger partial charge in [-0.25, -0.2) is 4.98 Å². The first-order valence-corrected chi connectivity index (χ1v) is 10.1. The fourth-order valence-corrected chi connectivity index (χ4v) is 4.11. The van der Waals surface area contributed by atoms with Gasteiger partial charge in [0, 0.05) is 33.3 Å². The minimum Gasteiger partial charge on any atom is -0.355 e. The zero-order valence-electron chi connectivity index (χ0n) is 14.1. The summed E-state index contributed by atoms with van der Waals surface area (Å²) in [5, 5.41) is 10.8. The van der Waals surface area contributed by atoms with Gasteiger partial charge in [-0.3, -0.25) is 4.79 Å². The van der Waals surface area contributed by atoms with Gasteiger partial charge in [0.05, 0.1) is 12.1 Å². The predicted molar refractivity (Wildman–Crippen MR) is 107 cm³/mol. The summed E-state index contributed by atoms with van der Waals surface area (Å²) in [6.45, 7) is 4.77. The maximum absolute atomic E-state index is 12.3. The standard InChI is InChI=1S/C19H19ClN2OS2/c1-19(2,14-3-5-15(20)6-4-14)12-21-17(23)9-16-11-25-18(22-16)13-7-8-24-10-13/h3-8,10-11H,9,12H2,1-2H3,(H,21,23). The Labute approximate surface area is 160 Å². The van der Waals surface area contributed by atoms with Crippen molar-refractivity contribution in [2.24, 2.45) is 0 Å². The Morgan fingerprint density at radius 1 is 1.20 bits per heavy atom. The van der Waals surface area contributed by atoms with Crippen LogP contribution in [0, 0.1) is 0 Å². The second-order valence-electron chi connectivity index (χ2n) is 6.50. The Hall–Kier alpha value is -1.69. The number of benzene rings is 1. The zero-order chi connectivity index (χ0) is 17.9. The number of carbonyl (C=O) groups is 1. The number of halogens is 1. The first-order valence-electron chi connectivity index (χ1n) is 7.94. The van der Waals surface area contributed by atoms with Crippen molar-refractivity contribution in [3.63, 3.8) is 0 Å². The lowest BCUT2D eigenvalue weighted by molar-refractivity contribution is -0.120. The summed E-state index contributed by atoms with van der Waals surface area (Å²) in [5.41, 5.74) is 2.91. The van der Waals surface area contributed by atoms with Crippen molar-refractivity contribution in [1.82, 2.24) is 10.3 Å². The van der Waals surface area contributed by atoms with E-state index in [0.29, 0.717) is 18.0 Å². The maximum atomic E-state index is 12.3. The minimum absolute atomic E-state index is 0.00999. The summed E-state index contributed by atoms with van der Waals surface area (Å²) in [7, 11) is 0. The van der Waals surface area contributed by atoms with Gasteiger partial charge in [-0.05, 0) is 29.1 Å². The Balaban J connectivity index is 1.56. The van der Waals surface area contributed by atoms with E-state index in [9.17, 15) is 4.79 Å². The molecule has 130 valence electrons. The zero-order valence-corrected chi connectivity index (χ0v) is 16.5. The summed E-state index contributed by atoms with van der Waals surface area (Å²) in [6.07, 6.45) is 0.303. The largest absolute Gasteiger partial charge is 0.355 e. The third kappa shape index (κ3) is 4.69. The highest BCUT2D eigenvalue weighted by Crippen LogP contribution is 2.26. The van der Waals surface area contributed by atoms with Crippen LogP contribution in [0.3, 0.4) is 0 Å². The van der Waals surface area contributed by atoms with Gasteiger partial charge in [-0.1, -0.05) is 37.6 Å². The van der Waals surface area contributed by atoms with Crippen molar-refractivity contribution in [3.8, 4) is 10.6 Å². The molecule has 0 saturated heterocycles. The Morgan fingerprint density at radius 3 is 2.64 bits per heavy atom. The first kappa shape index (κ1) is 18.1. The van der Waals surface area contributed by atoms with Crippen LogP contribution in [0.5, 0.6) is 0 Å². The summed E-state index contributed by atoms with van der Waals surface area (Å²) in [6, 6.07) is 9.80. The highest BCUT2D eigenvalue weighted by molar-refractivity contribution is 7.14. The van der Waals surface area contributed by atoms with E-state index in [1.807, 2.05) is 41.1 Å². The van der Waals surface area contributed by atoms with E-state index in [1.54, 1.807) is 22.7 Å². The van der Waals surface area contributed by atoms with Crippen molar-refractivity contribution >= 4 is 40.2 Å². The third-order valence-electron chi connectivity index (χ3n) is 4.01. The van der Waals surface area contributed by atoms with Crippen LogP contribution in [-0.2, 0) is 16.6 Å². The van der Waals surface area contributed by atoms with Gasteiger partial charge in [-0.2, -0.15) is 11.3 Å². The van der Waals surface area contributed by atoms with E-state index >= 15 is 0 Å². The molecule has 0 aliphatic heterocycles. The molecule has 0 spiro atoms. The van der Waals surface area contributed by atoms with Crippen LogP contribution in [0.15, 0.2) is 46.5 Å². The Kier molecular flexibility index (Phi) is 5.57. The average molecular weight is 391 g/mol. The topological polar surface area (TPSA) is 42.0 Å². The second-order valence-corrected chi connectivity index (χ2v) is 8.57. The van der Waals surface area contributed by atoms with Gasteiger partial charge in [0.15, 0.2) is 0 Å². The third-order valence-corrected chi connectivity index (χ3v) is 5.89. The van der Waals surface area contributed by atoms with Crippen LogP contribution >= 0.6 is 34.3 Å². The molecular formula is C19H19ClN2OS2. The minimum atomic E-state index is -0.163. The molecule has 0 radical (unpaired) electrons. The van der Waals surface area contributed by atoms with E-state index < -0.39 is 0 Å². The van der Waals surface area contributed by atoms with Gasteiger partial charge in [0.25, 0.3) is 0 Å². The quantitative estimate of drug-likeness (QED) is 0.631. The molecule has 0 atom stereocenters.